The lowest BCUT2D eigenvalue weighted by Gasteiger charge is -2.29. The average molecular weight is 869 g/mol. The minimum Gasteiger partial charge on any atom is -0.392 e. The fourth-order valence-electron chi connectivity index (χ4n) is 9.10. The molecule has 16 nitrogen and oxygen atoms in total. The van der Waals surface area contributed by atoms with Gasteiger partial charge in [-0.2, -0.15) is 14.9 Å². The van der Waals surface area contributed by atoms with Crippen LogP contribution in [0.2, 0.25) is 0 Å². The quantitative estimate of drug-likeness (QED) is 0.122. The van der Waals surface area contributed by atoms with Gasteiger partial charge in [0.1, 0.15) is 17.5 Å². The third-order valence-electron chi connectivity index (χ3n) is 12.6. The topological polar surface area (TPSA) is 190 Å². The largest absolute Gasteiger partial charge is 0.392 e. The Morgan fingerprint density at radius 2 is 1.80 bits per heavy atom. The lowest BCUT2D eigenvalue weighted by Crippen LogP contribution is -2.52. The first-order valence-electron chi connectivity index (χ1n) is 21.5. The number of anilines is 2. The van der Waals surface area contributed by atoms with Crippen LogP contribution in [0.3, 0.4) is 0 Å². The van der Waals surface area contributed by atoms with Gasteiger partial charge in [0.25, 0.3) is 17.0 Å². The molecule has 1 saturated heterocycles. The molecule has 3 N–H and O–H groups in total. The molecule has 1 fully saturated rings. The number of rotatable bonds is 11. The molecule has 0 radical (unpaired) electrons. The number of carbonyl (C=O) groups is 3. The van der Waals surface area contributed by atoms with Gasteiger partial charge in [0.05, 0.1) is 30.4 Å². The van der Waals surface area contributed by atoms with Gasteiger partial charge in [0.15, 0.2) is 11.6 Å². The number of aliphatic hydroxyl groups excluding tert-OH is 1. The second-order valence-electron chi connectivity index (χ2n) is 17.9. The second-order valence-corrected chi connectivity index (χ2v) is 17.9. The van der Waals surface area contributed by atoms with Crippen LogP contribution in [-0.2, 0) is 54.7 Å². The Kier molecular flexibility index (Phi) is 11.1. The number of benzene rings is 2. The van der Waals surface area contributed by atoms with Gasteiger partial charge in [-0.3, -0.25) is 38.9 Å². The maximum atomic E-state index is 15.5. The molecule has 0 spiro atoms. The first-order valence-corrected chi connectivity index (χ1v) is 21.5. The number of piperidine rings is 1. The van der Waals surface area contributed by atoms with Gasteiger partial charge in [-0.05, 0) is 90.2 Å². The predicted molar refractivity (Wildman–Crippen MR) is 237 cm³/mol. The molecule has 17 heteroatoms. The van der Waals surface area contributed by atoms with E-state index in [4.69, 9.17) is 5.10 Å². The molecule has 64 heavy (non-hydrogen) atoms. The van der Waals surface area contributed by atoms with Gasteiger partial charge < -0.3 is 19.9 Å². The van der Waals surface area contributed by atoms with Crippen LogP contribution in [0.25, 0.3) is 27.7 Å². The molecule has 7 heterocycles. The molecule has 330 valence electrons. The maximum absolute atomic E-state index is 15.5. The first-order chi connectivity index (χ1) is 30.7. The highest BCUT2D eigenvalue weighted by Gasteiger charge is 2.39. The van der Waals surface area contributed by atoms with Gasteiger partial charge in [-0.15, -0.1) is 0 Å². The van der Waals surface area contributed by atoms with Crippen molar-refractivity contribution >= 4 is 40.0 Å². The van der Waals surface area contributed by atoms with Crippen LogP contribution >= 0.6 is 0 Å². The highest BCUT2D eigenvalue weighted by atomic mass is 19.1. The van der Waals surface area contributed by atoms with Crippen molar-refractivity contribution in [3.63, 3.8) is 0 Å². The fourth-order valence-corrected chi connectivity index (χ4v) is 9.10. The van der Waals surface area contributed by atoms with Crippen LogP contribution in [-0.4, -0.2) is 80.9 Å². The second kappa shape index (κ2) is 16.7. The van der Waals surface area contributed by atoms with E-state index in [0.717, 1.165) is 59.4 Å². The van der Waals surface area contributed by atoms with Gasteiger partial charge >= 0.3 is 0 Å². The van der Waals surface area contributed by atoms with Gasteiger partial charge in [0.2, 0.25) is 11.8 Å². The predicted octanol–water partition coefficient (Wildman–Crippen LogP) is 4.61. The van der Waals surface area contributed by atoms with Crippen molar-refractivity contribution in [1.82, 2.24) is 44.2 Å². The summed E-state index contributed by atoms with van der Waals surface area (Å²) in [6.07, 6.45) is 7.72. The number of aromatic nitrogens is 6. The summed E-state index contributed by atoms with van der Waals surface area (Å²) in [6.45, 7) is 8.72. The number of aliphatic hydroxyl groups is 1. The average Bonchev–Trinajstić information content (AvgIpc) is 3.82. The van der Waals surface area contributed by atoms with Crippen LogP contribution < -0.4 is 21.8 Å². The van der Waals surface area contributed by atoms with Gasteiger partial charge in [0, 0.05) is 73.6 Å². The Balaban J connectivity index is 0.871. The van der Waals surface area contributed by atoms with E-state index in [2.05, 4.69) is 25.6 Å². The maximum Gasteiger partial charge on any atom is 0.283 e. The molecule has 3 amide bonds. The Morgan fingerprint density at radius 3 is 2.58 bits per heavy atom. The van der Waals surface area contributed by atoms with E-state index in [1.54, 1.807) is 36.3 Å². The normalized spacial score (nSPS) is 16.6. The van der Waals surface area contributed by atoms with Crippen molar-refractivity contribution in [2.75, 3.05) is 18.4 Å². The molecule has 2 aromatic carbocycles. The molecule has 0 aliphatic carbocycles. The van der Waals surface area contributed by atoms with E-state index in [0.29, 0.717) is 53.9 Å². The number of amides is 3. The number of unbranched alkanes of at least 4 members (excludes halogenated alkanes) is 1. The Morgan fingerprint density at radius 1 is 0.969 bits per heavy atom. The number of imide groups is 1. The molecular formula is C47H49FN10O6. The number of carbonyl (C=O) groups excluding carboxylic acids is 3. The van der Waals surface area contributed by atoms with Crippen molar-refractivity contribution in [2.24, 2.45) is 7.05 Å². The summed E-state index contributed by atoms with van der Waals surface area (Å²) in [5.41, 5.74) is 4.63. The number of nitrogens with one attached hydrogen (secondary N) is 2. The lowest BCUT2D eigenvalue weighted by molar-refractivity contribution is -0.136. The number of hydrogen-bond acceptors (Lipinski definition) is 11. The number of aryl methyl sites for hydroxylation is 2. The minimum absolute atomic E-state index is 0.0410. The monoisotopic (exact) mass is 868 g/mol. The third-order valence-corrected chi connectivity index (χ3v) is 12.6. The zero-order valence-electron chi connectivity index (χ0n) is 36.2. The van der Waals surface area contributed by atoms with Crippen molar-refractivity contribution in [2.45, 2.75) is 90.6 Å². The van der Waals surface area contributed by atoms with Crippen molar-refractivity contribution in [3.05, 3.63) is 127 Å². The van der Waals surface area contributed by atoms with E-state index in [1.165, 1.54) is 23.0 Å². The van der Waals surface area contributed by atoms with Gasteiger partial charge in [-0.25, -0.2) is 9.37 Å². The number of hydrogen-bond donors (Lipinski definition) is 3. The lowest BCUT2D eigenvalue weighted by atomic mass is 9.86. The van der Waals surface area contributed by atoms with E-state index in [9.17, 15) is 29.1 Å². The van der Waals surface area contributed by atoms with E-state index in [1.807, 2.05) is 49.7 Å². The summed E-state index contributed by atoms with van der Waals surface area (Å²) >= 11 is 0. The fraction of sp³-hybridized carbons (Fsp3) is 0.362. The minimum atomic E-state index is -0.713. The number of fused-ring (bicyclic) bond motifs is 3. The Bertz CT molecular complexity index is 3000. The zero-order valence-corrected chi connectivity index (χ0v) is 36.2. The molecule has 3 aliphatic rings. The highest BCUT2D eigenvalue weighted by Crippen LogP contribution is 2.33. The van der Waals surface area contributed by atoms with Crippen molar-refractivity contribution in [1.29, 1.82) is 0 Å². The molecule has 6 aromatic rings. The molecule has 1 unspecified atom stereocenters. The highest BCUT2D eigenvalue weighted by molar-refractivity contribution is 6.05. The number of pyridine rings is 2. The van der Waals surface area contributed by atoms with E-state index < -0.39 is 29.9 Å². The van der Waals surface area contributed by atoms with E-state index in [-0.39, 0.29) is 51.7 Å². The molecule has 3 aliphatic heterocycles. The Hall–Kier alpha value is -6.85. The summed E-state index contributed by atoms with van der Waals surface area (Å²) in [5, 5.41) is 25.6. The SMILES string of the molecule is Cn1cc(-c2ccnc(-n3ncc4cc(C(C)(C)C)cc(F)c4c3=O)c2CO)cc(Nc2cc3n(n2)CCN(CCCCc2cccc4c2CN(C2CCC(=O)NC2=O)C4=O)C3)c1=O. The summed E-state index contributed by atoms with van der Waals surface area (Å²) < 4.78 is 19.9. The zero-order chi connectivity index (χ0) is 45.0. The van der Waals surface area contributed by atoms with Gasteiger partial charge in [-0.1, -0.05) is 32.9 Å². The summed E-state index contributed by atoms with van der Waals surface area (Å²) in [7, 11) is 1.62. The summed E-state index contributed by atoms with van der Waals surface area (Å²) in [4.78, 5) is 73.1. The van der Waals surface area contributed by atoms with Crippen molar-refractivity contribution in [3.8, 4) is 16.9 Å². The molecule has 0 saturated carbocycles. The van der Waals surface area contributed by atoms with E-state index >= 15 is 4.39 Å². The standard InChI is InChI=1S/C47H49FN10O6/c1-47(2,3)30-18-28-22-50-58(46(64)41(28)36(48)20-30)42-35(26-59)32(13-14-49-42)29-19-37(45(63)54(4)23-29)51-39-21-31-24-55(16-17-57(31)53-39)15-6-5-8-27-9-7-10-33-34(27)25-56(44(33)62)38-11-12-40(60)52-43(38)61/h7,9-10,13-14,18-23,38,59H,5-6,8,11-12,15-17,24-26H2,1-4H3,(H,51,53)(H,52,60,61). The molecule has 9 rings (SSSR count). The molecule has 1 atom stereocenters. The first kappa shape index (κ1) is 42.5. The van der Waals surface area contributed by atoms with Crippen LogP contribution in [0.1, 0.15) is 84.8 Å². The van der Waals surface area contributed by atoms with Crippen LogP contribution in [0.4, 0.5) is 15.9 Å². The Labute approximate surface area is 367 Å². The van der Waals surface area contributed by atoms with Crippen LogP contribution in [0, 0.1) is 5.82 Å². The van der Waals surface area contributed by atoms with Crippen LogP contribution in [0.15, 0.2) is 76.7 Å². The molecular weight excluding hydrogens is 820 g/mol. The smallest absolute Gasteiger partial charge is 0.283 e. The number of nitrogens with zero attached hydrogens (tertiary/aromatic N) is 8. The summed E-state index contributed by atoms with van der Waals surface area (Å²) in [6, 6.07) is 13.5. The number of halogens is 1. The molecule has 4 aromatic heterocycles. The van der Waals surface area contributed by atoms with Crippen molar-refractivity contribution < 1.29 is 23.9 Å². The third kappa shape index (κ3) is 7.89. The summed E-state index contributed by atoms with van der Waals surface area (Å²) in [5.74, 6) is -1.01. The van der Waals surface area contributed by atoms with Crippen LogP contribution in [0.5, 0.6) is 0 Å². The molecule has 0 bridgehead atoms.